The molecule has 0 radical (unpaired) electrons. The number of rotatable bonds is 5. The first-order valence-corrected chi connectivity index (χ1v) is 6.60. The number of aliphatic hydroxyl groups is 1. The van der Waals surface area contributed by atoms with E-state index >= 15 is 0 Å². The molecule has 0 aliphatic heterocycles. The second kappa shape index (κ2) is 6.01. The summed E-state index contributed by atoms with van der Waals surface area (Å²) < 4.78 is 18.7. The first-order chi connectivity index (χ1) is 9.54. The Balaban J connectivity index is 2.25. The van der Waals surface area contributed by atoms with Gasteiger partial charge in [-0.15, -0.1) is 0 Å². The van der Waals surface area contributed by atoms with Gasteiger partial charge in [-0.05, 0) is 37.1 Å². The molecule has 1 aromatic heterocycles. The van der Waals surface area contributed by atoms with Crippen molar-refractivity contribution in [3.63, 3.8) is 0 Å². The summed E-state index contributed by atoms with van der Waals surface area (Å²) in [6.45, 7) is 4.31. The highest BCUT2D eigenvalue weighted by molar-refractivity contribution is 5.37. The molecule has 1 N–H and O–H groups in total. The quantitative estimate of drug-likeness (QED) is 0.910. The summed E-state index contributed by atoms with van der Waals surface area (Å²) in [6.07, 6.45) is 3.51. The molecule has 2 rings (SSSR count). The van der Waals surface area contributed by atoms with Crippen molar-refractivity contribution in [2.24, 2.45) is 0 Å². The van der Waals surface area contributed by atoms with Gasteiger partial charge in [-0.3, -0.25) is 4.98 Å². The number of benzene rings is 1. The molecule has 0 bridgehead atoms. The number of nitrogens with zero attached hydrogens (tertiary/aromatic N) is 1. The summed E-state index contributed by atoms with van der Waals surface area (Å²) in [5.74, 6) is 0.287. The Kier molecular flexibility index (Phi) is 4.35. The molecule has 106 valence electrons. The van der Waals surface area contributed by atoms with E-state index in [0.29, 0.717) is 17.7 Å². The predicted octanol–water partition coefficient (Wildman–Crippen LogP) is 3.27. The van der Waals surface area contributed by atoms with Crippen molar-refractivity contribution in [3.05, 3.63) is 59.7 Å². The molecule has 1 heterocycles. The van der Waals surface area contributed by atoms with Crippen molar-refractivity contribution in [2.45, 2.75) is 25.9 Å². The van der Waals surface area contributed by atoms with Gasteiger partial charge < -0.3 is 9.84 Å². The lowest BCUT2D eigenvalue weighted by atomic mass is 9.89. The maximum atomic E-state index is 13.2. The Morgan fingerprint density at radius 1 is 1.20 bits per heavy atom. The lowest BCUT2D eigenvalue weighted by Crippen LogP contribution is -2.23. The number of halogens is 1. The van der Waals surface area contributed by atoms with Crippen LogP contribution < -0.4 is 4.74 Å². The molecular weight excluding hydrogens is 257 g/mol. The van der Waals surface area contributed by atoms with E-state index in [9.17, 15) is 9.50 Å². The zero-order chi connectivity index (χ0) is 14.6. The van der Waals surface area contributed by atoms with E-state index in [4.69, 9.17) is 4.74 Å². The first kappa shape index (κ1) is 14.5. The smallest absolute Gasteiger partial charge is 0.141 e. The average molecular weight is 275 g/mol. The maximum Gasteiger partial charge on any atom is 0.141 e. The third-order valence-corrected chi connectivity index (χ3v) is 3.16. The molecule has 0 saturated carbocycles. The summed E-state index contributed by atoms with van der Waals surface area (Å²) >= 11 is 0. The monoisotopic (exact) mass is 275 g/mol. The highest BCUT2D eigenvalue weighted by atomic mass is 19.1. The Morgan fingerprint density at radius 2 is 1.90 bits per heavy atom. The standard InChI is InChI=1S/C16H18FNO2/c1-3-8-20-15-6-4-12(5-7-15)16(2,19)13-9-14(17)11-18-10-13/h4-7,9-11,19H,3,8H2,1-2H3. The van der Waals surface area contributed by atoms with Crippen LogP contribution in [0.3, 0.4) is 0 Å². The summed E-state index contributed by atoms with van der Waals surface area (Å²) in [7, 11) is 0. The summed E-state index contributed by atoms with van der Waals surface area (Å²) in [5.41, 5.74) is -0.216. The molecule has 0 spiro atoms. The Hall–Kier alpha value is -1.94. The number of ether oxygens (including phenoxy) is 1. The fourth-order valence-corrected chi connectivity index (χ4v) is 1.94. The van der Waals surface area contributed by atoms with E-state index in [2.05, 4.69) is 4.98 Å². The third kappa shape index (κ3) is 3.14. The second-order valence-corrected chi connectivity index (χ2v) is 4.84. The molecule has 2 aromatic rings. The van der Waals surface area contributed by atoms with Gasteiger partial charge in [0, 0.05) is 11.8 Å². The van der Waals surface area contributed by atoms with Crippen molar-refractivity contribution in [1.82, 2.24) is 4.98 Å². The van der Waals surface area contributed by atoms with Crippen molar-refractivity contribution >= 4 is 0 Å². The van der Waals surface area contributed by atoms with Crippen LogP contribution in [0.2, 0.25) is 0 Å². The zero-order valence-electron chi connectivity index (χ0n) is 11.6. The molecule has 0 fully saturated rings. The number of aromatic nitrogens is 1. The largest absolute Gasteiger partial charge is 0.494 e. The molecule has 3 nitrogen and oxygen atoms in total. The lowest BCUT2D eigenvalue weighted by Gasteiger charge is -2.24. The van der Waals surface area contributed by atoms with Gasteiger partial charge in [-0.25, -0.2) is 4.39 Å². The van der Waals surface area contributed by atoms with E-state index in [-0.39, 0.29) is 0 Å². The molecule has 0 amide bonds. The van der Waals surface area contributed by atoms with Gasteiger partial charge in [0.05, 0.1) is 12.8 Å². The Morgan fingerprint density at radius 3 is 2.50 bits per heavy atom. The molecule has 20 heavy (non-hydrogen) atoms. The predicted molar refractivity (Wildman–Crippen MR) is 75.1 cm³/mol. The minimum absolute atomic E-state index is 0.416. The highest BCUT2D eigenvalue weighted by Gasteiger charge is 2.26. The lowest BCUT2D eigenvalue weighted by molar-refractivity contribution is 0.101. The Bertz CT molecular complexity index is 567. The minimum atomic E-state index is -1.29. The SMILES string of the molecule is CCCOc1ccc(C(C)(O)c2cncc(F)c2)cc1. The molecule has 1 atom stereocenters. The fraction of sp³-hybridized carbons (Fsp3) is 0.312. The molecule has 1 unspecified atom stereocenters. The van der Waals surface area contributed by atoms with E-state index < -0.39 is 11.4 Å². The van der Waals surface area contributed by atoms with E-state index in [1.54, 1.807) is 31.2 Å². The third-order valence-electron chi connectivity index (χ3n) is 3.16. The van der Waals surface area contributed by atoms with Gasteiger partial charge in [0.1, 0.15) is 17.2 Å². The van der Waals surface area contributed by atoms with Crippen LogP contribution in [0.4, 0.5) is 4.39 Å². The molecular formula is C16H18FNO2. The van der Waals surface area contributed by atoms with Crippen LogP contribution >= 0.6 is 0 Å². The molecule has 0 saturated heterocycles. The van der Waals surface area contributed by atoms with Gasteiger partial charge in [0.2, 0.25) is 0 Å². The van der Waals surface area contributed by atoms with Gasteiger partial charge >= 0.3 is 0 Å². The number of pyridine rings is 1. The van der Waals surface area contributed by atoms with Crippen LogP contribution in [-0.2, 0) is 5.60 Å². The van der Waals surface area contributed by atoms with E-state index in [1.165, 1.54) is 12.3 Å². The first-order valence-electron chi connectivity index (χ1n) is 6.60. The van der Waals surface area contributed by atoms with Crippen LogP contribution in [0.1, 0.15) is 31.4 Å². The number of hydrogen-bond acceptors (Lipinski definition) is 3. The summed E-state index contributed by atoms with van der Waals surface area (Å²) in [6, 6.07) is 8.43. The van der Waals surface area contributed by atoms with Crippen molar-refractivity contribution in [3.8, 4) is 5.75 Å². The van der Waals surface area contributed by atoms with Crippen molar-refractivity contribution < 1.29 is 14.2 Å². The van der Waals surface area contributed by atoms with Crippen LogP contribution in [-0.4, -0.2) is 16.7 Å². The average Bonchev–Trinajstić information content (AvgIpc) is 2.45. The zero-order valence-corrected chi connectivity index (χ0v) is 11.6. The Labute approximate surface area is 118 Å². The molecule has 0 aliphatic carbocycles. The van der Waals surface area contributed by atoms with Crippen molar-refractivity contribution in [1.29, 1.82) is 0 Å². The van der Waals surface area contributed by atoms with Gasteiger partial charge in [-0.2, -0.15) is 0 Å². The van der Waals surface area contributed by atoms with Crippen LogP contribution in [0.25, 0.3) is 0 Å². The van der Waals surface area contributed by atoms with Crippen LogP contribution in [0, 0.1) is 5.82 Å². The van der Waals surface area contributed by atoms with Crippen LogP contribution in [0.5, 0.6) is 5.75 Å². The number of hydrogen-bond donors (Lipinski definition) is 1. The van der Waals surface area contributed by atoms with Crippen molar-refractivity contribution in [2.75, 3.05) is 6.61 Å². The van der Waals surface area contributed by atoms with Crippen LogP contribution in [0.15, 0.2) is 42.7 Å². The molecule has 1 aromatic carbocycles. The highest BCUT2D eigenvalue weighted by Crippen LogP contribution is 2.30. The minimum Gasteiger partial charge on any atom is -0.494 e. The second-order valence-electron chi connectivity index (χ2n) is 4.84. The van der Waals surface area contributed by atoms with E-state index in [1.807, 2.05) is 6.92 Å². The summed E-state index contributed by atoms with van der Waals surface area (Å²) in [4.78, 5) is 3.77. The normalized spacial score (nSPS) is 13.8. The van der Waals surface area contributed by atoms with Gasteiger partial charge in [0.15, 0.2) is 0 Å². The van der Waals surface area contributed by atoms with E-state index in [0.717, 1.165) is 18.4 Å². The molecule has 4 heteroatoms. The molecule has 0 aliphatic rings. The maximum absolute atomic E-state index is 13.2. The van der Waals surface area contributed by atoms with Gasteiger partial charge in [0.25, 0.3) is 0 Å². The summed E-state index contributed by atoms with van der Waals surface area (Å²) in [5, 5.41) is 10.6. The van der Waals surface area contributed by atoms with Gasteiger partial charge in [-0.1, -0.05) is 19.1 Å². The topological polar surface area (TPSA) is 42.4 Å². The fourth-order valence-electron chi connectivity index (χ4n) is 1.94.